The van der Waals surface area contributed by atoms with Crippen LogP contribution in [0.4, 0.5) is 13.2 Å². The first-order valence-corrected chi connectivity index (χ1v) is 11.6. The molecule has 1 aromatic carbocycles. The van der Waals surface area contributed by atoms with Crippen LogP contribution in [0.5, 0.6) is 0 Å². The number of nitrogens with one attached hydrogen (secondary N) is 1. The summed E-state index contributed by atoms with van der Waals surface area (Å²) in [7, 11) is 0. The molecule has 0 bridgehead atoms. The molecule has 13 heteroatoms. The van der Waals surface area contributed by atoms with E-state index in [2.05, 4.69) is 9.72 Å². The second-order valence-corrected chi connectivity index (χ2v) is 8.81. The van der Waals surface area contributed by atoms with Crippen molar-refractivity contribution >= 4 is 44.4 Å². The molecule has 0 saturated heterocycles. The number of halogens is 3. The highest BCUT2D eigenvalue weighted by atomic mass is 32.1. The minimum Gasteiger partial charge on any atom is -0.462 e. The summed E-state index contributed by atoms with van der Waals surface area (Å²) in [5, 5.41) is 0.950. The van der Waals surface area contributed by atoms with Crippen LogP contribution in [0.25, 0.3) is 21.1 Å². The number of fused-ring (bicyclic) bond motifs is 2. The lowest BCUT2D eigenvalue weighted by Gasteiger charge is -2.13. The number of aromatic amines is 1. The van der Waals surface area contributed by atoms with E-state index in [0.717, 1.165) is 22.2 Å². The van der Waals surface area contributed by atoms with Crippen molar-refractivity contribution < 1.29 is 32.2 Å². The number of hydrogen-bond donors (Lipinski definition) is 1. The highest BCUT2D eigenvalue weighted by molar-refractivity contribution is 7.20. The third-order valence-electron chi connectivity index (χ3n) is 5.49. The Morgan fingerprint density at radius 1 is 1.11 bits per heavy atom. The zero-order valence-electron chi connectivity index (χ0n) is 19.1. The Balaban J connectivity index is 1.83. The molecule has 0 aliphatic carbocycles. The molecule has 3 aromatic heterocycles. The van der Waals surface area contributed by atoms with Crippen molar-refractivity contribution in [2.75, 3.05) is 13.2 Å². The van der Waals surface area contributed by atoms with Gasteiger partial charge in [0.15, 0.2) is 0 Å². The van der Waals surface area contributed by atoms with Crippen LogP contribution in [0, 0.1) is 6.92 Å². The first kappa shape index (κ1) is 25.2. The number of rotatable bonds is 7. The van der Waals surface area contributed by atoms with Crippen LogP contribution in [-0.4, -0.2) is 45.4 Å². The lowest BCUT2D eigenvalue weighted by Crippen LogP contribution is -2.41. The molecule has 4 aromatic rings. The molecule has 0 spiro atoms. The Morgan fingerprint density at radius 2 is 1.86 bits per heavy atom. The largest absolute Gasteiger partial charge is 0.490 e. The van der Waals surface area contributed by atoms with E-state index in [1.165, 1.54) is 11.5 Å². The third kappa shape index (κ3) is 4.65. The summed E-state index contributed by atoms with van der Waals surface area (Å²) in [4.78, 5) is 53.5. The minimum atomic E-state index is -5.20. The van der Waals surface area contributed by atoms with Crippen LogP contribution in [0.3, 0.4) is 0 Å². The number of benzene rings is 1. The van der Waals surface area contributed by atoms with Gasteiger partial charge in [-0.2, -0.15) is 13.2 Å². The molecule has 1 N–H and O–H groups in total. The summed E-state index contributed by atoms with van der Waals surface area (Å²) in [6.07, 6.45) is -3.44. The second-order valence-electron chi connectivity index (χ2n) is 7.82. The maximum absolute atomic E-state index is 13.4. The lowest BCUT2D eigenvalue weighted by atomic mass is 10.1. The third-order valence-corrected chi connectivity index (χ3v) is 6.79. The summed E-state index contributed by atoms with van der Waals surface area (Å²) in [6, 6.07) is 7.30. The summed E-state index contributed by atoms with van der Waals surface area (Å²) >= 11 is 0.927. The molecular weight excluding hydrogens is 503 g/mol. The van der Waals surface area contributed by atoms with Crippen LogP contribution >= 0.6 is 11.3 Å². The fraction of sp³-hybridized carbons (Fsp3) is 0.304. The van der Waals surface area contributed by atoms with Crippen molar-refractivity contribution in [3.8, 4) is 0 Å². The van der Waals surface area contributed by atoms with Gasteiger partial charge in [-0.3, -0.25) is 13.9 Å². The first-order chi connectivity index (χ1) is 17.0. The van der Waals surface area contributed by atoms with Crippen LogP contribution in [0.2, 0.25) is 0 Å². The molecule has 0 atom stereocenters. The molecule has 0 aliphatic rings. The molecule has 0 amide bonds. The number of ether oxygens (including phenoxy) is 2. The number of hydrogen-bond acceptors (Lipinski definition) is 7. The van der Waals surface area contributed by atoms with Crippen LogP contribution in [-0.2, 0) is 27.4 Å². The Labute approximate surface area is 204 Å². The van der Waals surface area contributed by atoms with E-state index in [0.29, 0.717) is 10.1 Å². The van der Waals surface area contributed by atoms with E-state index < -0.39 is 42.5 Å². The van der Waals surface area contributed by atoms with Gasteiger partial charge in [0.2, 0.25) is 0 Å². The second kappa shape index (κ2) is 9.64. The molecular formula is C23H20F3N3O6S. The summed E-state index contributed by atoms with van der Waals surface area (Å²) in [6.45, 7) is 1.83. The first-order valence-electron chi connectivity index (χ1n) is 10.8. The SMILES string of the molecule is CCOC(=O)c1sc2c(c1C)c(=O)n(CCOC(=O)C(F)(F)F)c(=O)n2Cc1ccc2[nH]ccc2c1. The monoisotopic (exact) mass is 523 g/mol. The van der Waals surface area contributed by atoms with Crippen molar-refractivity contribution in [3.05, 3.63) is 67.3 Å². The highest BCUT2D eigenvalue weighted by Gasteiger charge is 2.40. The number of carbonyl (C=O) groups excluding carboxylic acids is 2. The van der Waals surface area contributed by atoms with E-state index in [1.807, 2.05) is 18.2 Å². The minimum absolute atomic E-state index is 0.0152. The topological polar surface area (TPSA) is 112 Å². The van der Waals surface area contributed by atoms with Gasteiger partial charge < -0.3 is 14.5 Å². The van der Waals surface area contributed by atoms with Crippen LogP contribution in [0.15, 0.2) is 40.1 Å². The van der Waals surface area contributed by atoms with Crippen molar-refractivity contribution in [2.24, 2.45) is 0 Å². The van der Waals surface area contributed by atoms with Crippen molar-refractivity contribution in [1.29, 1.82) is 0 Å². The number of nitrogens with zero attached hydrogens (tertiary/aromatic N) is 2. The number of alkyl halides is 3. The van der Waals surface area contributed by atoms with Gasteiger partial charge in [0, 0.05) is 11.7 Å². The van der Waals surface area contributed by atoms with Crippen molar-refractivity contribution in [2.45, 2.75) is 33.1 Å². The number of carbonyl (C=O) groups is 2. The van der Waals surface area contributed by atoms with Gasteiger partial charge in [0.25, 0.3) is 5.56 Å². The normalized spacial score (nSPS) is 11.8. The Kier molecular flexibility index (Phi) is 6.76. The van der Waals surface area contributed by atoms with Crippen LogP contribution in [0.1, 0.15) is 27.7 Å². The van der Waals surface area contributed by atoms with Gasteiger partial charge in [-0.05, 0) is 48.6 Å². The van der Waals surface area contributed by atoms with E-state index in [4.69, 9.17) is 4.74 Å². The average Bonchev–Trinajstić information content (AvgIpc) is 3.42. The number of thiophene rings is 1. The van der Waals surface area contributed by atoms with Gasteiger partial charge in [-0.1, -0.05) is 6.07 Å². The van der Waals surface area contributed by atoms with Gasteiger partial charge in [0.05, 0.1) is 25.1 Å². The number of esters is 2. The van der Waals surface area contributed by atoms with Gasteiger partial charge >= 0.3 is 23.8 Å². The van der Waals surface area contributed by atoms with Crippen molar-refractivity contribution in [3.63, 3.8) is 0 Å². The van der Waals surface area contributed by atoms with Crippen molar-refractivity contribution in [1.82, 2.24) is 14.1 Å². The predicted molar refractivity (Wildman–Crippen MR) is 125 cm³/mol. The van der Waals surface area contributed by atoms with E-state index >= 15 is 0 Å². The molecule has 0 fully saturated rings. The Hall–Kier alpha value is -3.87. The number of H-pyrrole nitrogens is 1. The molecule has 4 rings (SSSR count). The molecule has 0 radical (unpaired) electrons. The predicted octanol–water partition coefficient (Wildman–Crippen LogP) is 3.34. The highest BCUT2D eigenvalue weighted by Crippen LogP contribution is 2.29. The smallest absolute Gasteiger partial charge is 0.462 e. The van der Waals surface area contributed by atoms with E-state index in [-0.39, 0.29) is 33.8 Å². The van der Waals surface area contributed by atoms with Crippen LogP contribution < -0.4 is 11.2 Å². The summed E-state index contributed by atoms with van der Waals surface area (Å²) in [5.41, 5.74) is 0.252. The molecule has 3 heterocycles. The van der Waals surface area contributed by atoms with E-state index in [9.17, 15) is 32.3 Å². The molecule has 9 nitrogen and oxygen atoms in total. The zero-order chi connectivity index (χ0) is 26.2. The van der Waals surface area contributed by atoms with Gasteiger partial charge in [-0.15, -0.1) is 11.3 Å². The number of aromatic nitrogens is 3. The molecule has 0 saturated carbocycles. The summed E-state index contributed by atoms with van der Waals surface area (Å²) in [5.74, 6) is -3.08. The number of aryl methyl sites for hydroxylation is 1. The fourth-order valence-corrected chi connectivity index (χ4v) is 5.00. The lowest BCUT2D eigenvalue weighted by molar-refractivity contribution is -0.199. The quantitative estimate of drug-likeness (QED) is 0.372. The van der Waals surface area contributed by atoms with E-state index in [1.54, 1.807) is 19.2 Å². The maximum Gasteiger partial charge on any atom is 0.490 e. The fourth-order valence-electron chi connectivity index (χ4n) is 3.82. The maximum atomic E-state index is 13.4. The Morgan fingerprint density at radius 3 is 2.56 bits per heavy atom. The molecule has 0 unspecified atom stereocenters. The molecule has 190 valence electrons. The van der Waals surface area contributed by atoms with Gasteiger partial charge in [0.1, 0.15) is 16.3 Å². The average molecular weight is 523 g/mol. The zero-order valence-corrected chi connectivity index (χ0v) is 19.9. The molecule has 0 aliphatic heterocycles. The van der Waals surface area contributed by atoms with Gasteiger partial charge in [-0.25, -0.2) is 14.4 Å². The Bertz CT molecular complexity index is 1590. The molecule has 36 heavy (non-hydrogen) atoms. The summed E-state index contributed by atoms with van der Waals surface area (Å²) < 4.78 is 48.7. The standard InChI is InChI=1S/C23H20F3N3O6S/c1-3-34-20(31)17-12(2)16-18(30)28(8-9-35-21(32)23(24,25)26)22(33)29(19(16)36-17)11-13-4-5-15-14(10-13)6-7-27-15/h4-7,10,27H,3,8-9,11H2,1-2H3.